The van der Waals surface area contributed by atoms with Crippen LogP contribution in [-0.2, 0) is 40.2 Å². The zero-order chi connectivity index (χ0) is 37.1. The predicted octanol–water partition coefficient (Wildman–Crippen LogP) is 6.23. The molecule has 270 valence electrons. The highest BCUT2D eigenvalue weighted by molar-refractivity contribution is 6.01. The smallest absolute Gasteiger partial charge is 0.407 e. The van der Waals surface area contributed by atoms with Crippen LogP contribution in [0.15, 0.2) is 54.6 Å². The maximum absolute atomic E-state index is 15.3. The van der Waals surface area contributed by atoms with Crippen LogP contribution >= 0.6 is 0 Å². The van der Waals surface area contributed by atoms with Gasteiger partial charge in [0.25, 0.3) is 5.91 Å². The van der Waals surface area contributed by atoms with E-state index in [0.29, 0.717) is 55.3 Å². The number of alkyl halides is 3. The number of carbonyl (C=O) groups excluding carboxylic acids is 3. The van der Waals surface area contributed by atoms with Gasteiger partial charge in [-0.2, -0.15) is 13.2 Å². The fraction of sp³-hybridized carbons (Fsp3) is 0.405. The first-order valence-electron chi connectivity index (χ1n) is 16.4. The molecular weight excluding hydrogens is 670 g/mol. The van der Waals surface area contributed by atoms with Crippen LogP contribution in [0.3, 0.4) is 0 Å². The molecule has 0 spiro atoms. The third kappa shape index (κ3) is 8.96. The van der Waals surface area contributed by atoms with Crippen molar-refractivity contribution < 1.29 is 41.4 Å². The number of fused-ring (bicyclic) bond motifs is 1. The lowest BCUT2D eigenvalue weighted by atomic mass is 10.1. The molecule has 2 heterocycles. The number of carbonyl (C=O) groups is 3. The van der Waals surface area contributed by atoms with Crippen molar-refractivity contribution in [1.29, 1.82) is 0 Å². The first-order valence-corrected chi connectivity index (χ1v) is 16.4. The molecule has 5 rings (SSSR count). The number of benzene rings is 3. The van der Waals surface area contributed by atoms with Crippen molar-refractivity contribution >= 4 is 29.2 Å². The normalized spacial score (nSPS) is 15.7. The van der Waals surface area contributed by atoms with E-state index in [1.807, 2.05) is 4.90 Å². The van der Waals surface area contributed by atoms with Gasteiger partial charge in [0.05, 0.1) is 18.7 Å². The third-order valence-corrected chi connectivity index (χ3v) is 8.75. The van der Waals surface area contributed by atoms with Gasteiger partial charge in [-0.25, -0.2) is 9.24 Å². The second-order valence-electron chi connectivity index (χ2n) is 13.5. The van der Waals surface area contributed by atoms with Gasteiger partial charge in [0.2, 0.25) is 5.91 Å². The van der Waals surface area contributed by atoms with E-state index in [0.717, 1.165) is 11.6 Å². The number of nitrogens with two attached hydrogens (primary N) is 1. The highest BCUT2D eigenvalue weighted by Crippen LogP contribution is 2.39. The Labute approximate surface area is 293 Å². The van der Waals surface area contributed by atoms with Gasteiger partial charge in [-0.05, 0) is 63.1 Å². The van der Waals surface area contributed by atoms with E-state index in [1.165, 1.54) is 23.1 Å². The number of hydrogen-bond donors (Lipinski definition) is 1. The Morgan fingerprint density at radius 3 is 2.37 bits per heavy atom. The fourth-order valence-electron chi connectivity index (χ4n) is 6.24. The van der Waals surface area contributed by atoms with Gasteiger partial charge in [0.1, 0.15) is 29.8 Å². The van der Waals surface area contributed by atoms with E-state index in [4.69, 9.17) is 21.8 Å². The summed E-state index contributed by atoms with van der Waals surface area (Å²) in [5, 5.41) is 0. The van der Waals surface area contributed by atoms with Crippen molar-refractivity contribution in [3.05, 3.63) is 99.6 Å². The SMILES string of the molecule is [C-]#[N+]c1ccc(N2CCN(Cc3ccc(COc4cccc5c4CN([C@@H](CCC(=O)OC(C)(C)C)C(N)=O)C5=O)c(F)c3)CC2)cc1C(F)(F)F. The summed E-state index contributed by atoms with van der Waals surface area (Å²) in [5.74, 6) is -1.82. The van der Waals surface area contributed by atoms with E-state index >= 15 is 4.39 Å². The second-order valence-corrected chi connectivity index (χ2v) is 13.5. The summed E-state index contributed by atoms with van der Waals surface area (Å²) >= 11 is 0. The van der Waals surface area contributed by atoms with Gasteiger partial charge >= 0.3 is 12.1 Å². The van der Waals surface area contributed by atoms with Crippen LogP contribution in [0.5, 0.6) is 5.75 Å². The molecule has 14 heteroatoms. The number of nitrogens with zero attached hydrogens (tertiary/aromatic N) is 4. The van der Waals surface area contributed by atoms with Gasteiger partial charge in [-0.3, -0.25) is 19.3 Å². The average molecular weight is 710 g/mol. The summed E-state index contributed by atoms with van der Waals surface area (Å²) in [5.41, 5.74) is 5.82. The molecular formula is C37H39F4N5O5. The van der Waals surface area contributed by atoms with E-state index in [-0.39, 0.29) is 31.6 Å². The molecule has 0 radical (unpaired) electrons. The Hall–Kier alpha value is -5.16. The minimum atomic E-state index is -4.62. The number of anilines is 1. The Morgan fingerprint density at radius 2 is 1.75 bits per heavy atom. The monoisotopic (exact) mass is 709 g/mol. The zero-order valence-corrected chi connectivity index (χ0v) is 28.6. The number of rotatable bonds is 11. The number of halogens is 4. The highest BCUT2D eigenvalue weighted by atomic mass is 19.4. The topological polar surface area (TPSA) is 110 Å². The lowest BCUT2D eigenvalue weighted by Crippen LogP contribution is -2.46. The quantitative estimate of drug-likeness (QED) is 0.143. The van der Waals surface area contributed by atoms with Crippen molar-refractivity contribution in [2.24, 2.45) is 5.73 Å². The molecule has 0 bridgehead atoms. The Kier molecular flexibility index (Phi) is 10.9. The molecule has 2 aliphatic heterocycles. The van der Waals surface area contributed by atoms with E-state index in [1.54, 1.807) is 51.1 Å². The summed E-state index contributed by atoms with van der Waals surface area (Å²) in [6, 6.07) is 12.4. The Balaban J connectivity index is 1.17. The minimum Gasteiger partial charge on any atom is -0.488 e. The Bertz CT molecular complexity index is 1840. The van der Waals surface area contributed by atoms with E-state index in [2.05, 4.69) is 9.74 Å². The molecule has 3 aromatic rings. The summed E-state index contributed by atoms with van der Waals surface area (Å²) in [4.78, 5) is 46.1. The highest BCUT2D eigenvalue weighted by Gasteiger charge is 2.38. The van der Waals surface area contributed by atoms with E-state index < -0.39 is 52.7 Å². The van der Waals surface area contributed by atoms with Crippen LogP contribution in [0.25, 0.3) is 4.85 Å². The second kappa shape index (κ2) is 15.0. The maximum Gasteiger partial charge on any atom is 0.407 e. The van der Waals surface area contributed by atoms with Crippen molar-refractivity contribution in [2.75, 3.05) is 31.1 Å². The number of esters is 1. The van der Waals surface area contributed by atoms with E-state index in [9.17, 15) is 27.6 Å². The van der Waals surface area contributed by atoms with Gasteiger partial charge in [0, 0.05) is 61.5 Å². The standard InChI is InChI=1S/C37H39F4N5O5/c1-36(2,3)51-33(47)13-12-31(34(42)48)46-21-27-26(35(46)49)6-5-7-32(27)50-22-24-9-8-23(18-29(24)38)20-44-14-16-45(17-15-44)25-10-11-30(43-4)28(19-25)37(39,40)41/h5-11,18-19,31H,12-17,20-22H2,1-3H3,(H2,42,48)/t31-/m0/s1. The maximum atomic E-state index is 15.3. The van der Waals surface area contributed by atoms with Crippen LogP contribution in [-0.4, -0.2) is 65.4 Å². The van der Waals surface area contributed by atoms with Crippen LogP contribution in [0, 0.1) is 12.4 Å². The average Bonchev–Trinajstić information content (AvgIpc) is 3.39. The molecule has 3 aromatic carbocycles. The van der Waals surface area contributed by atoms with Gasteiger partial charge < -0.3 is 25.0 Å². The molecule has 51 heavy (non-hydrogen) atoms. The van der Waals surface area contributed by atoms with Crippen molar-refractivity contribution in [3.63, 3.8) is 0 Å². The molecule has 10 nitrogen and oxygen atoms in total. The zero-order valence-electron chi connectivity index (χ0n) is 28.6. The van der Waals surface area contributed by atoms with Crippen LogP contribution < -0.4 is 15.4 Å². The summed E-state index contributed by atoms with van der Waals surface area (Å²) in [6.07, 6.45) is -4.73. The van der Waals surface area contributed by atoms with Gasteiger partial charge in [-0.15, -0.1) is 0 Å². The van der Waals surface area contributed by atoms with Crippen molar-refractivity contribution in [2.45, 2.75) is 71.1 Å². The molecule has 0 aliphatic carbocycles. The molecule has 1 saturated heterocycles. The molecule has 2 amide bonds. The largest absolute Gasteiger partial charge is 0.488 e. The molecule has 1 fully saturated rings. The molecule has 0 unspecified atom stereocenters. The third-order valence-electron chi connectivity index (χ3n) is 8.75. The molecule has 1 atom stereocenters. The summed E-state index contributed by atoms with van der Waals surface area (Å²) < 4.78 is 66.9. The van der Waals surface area contributed by atoms with Gasteiger partial charge in [0.15, 0.2) is 5.69 Å². The Morgan fingerprint density at radius 1 is 1.02 bits per heavy atom. The molecule has 0 aromatic heterocycles. The number of primary amides is 1. The number of piperazine rings is 1. The first-order chi connectivity index (χ1) is 24.0. The lowest BCUT2D eigenvalue weighted by molar-refractivity contribution is -0.155. The fourth-order valence-corrected chi connectivity index (χ4v) is 6.24. The van der Waals surface area contributed by atoms with Crippen LogP contribution in [0.4, 0.5) is 28.9 Å². The van der Waals surface area contributed by atoms with Crippen LogP contribution in [0.1, 0.15) is 66.2 Å². The molecule has 2 aliphatic rings. The predicted molar refractivity (Wildman–Crippen MR) is 180 cm³/mol. The summed E-state index contributed by atoms with van der Waals surface area (Å²) in [7, 11) is 0. The molecule has 2 N–H and O–H groups in total. The molecule has 0 saturated carbocycles. The minimum absolute atomic E-state index is 0.00575. The van der Waals surface area contributed by atoms with Crippen molar-refractivity contribution in [1.82, 2.24) is 9.80 Å². The van der Waals surface area contributed by atoms with Gasteiger partial charge in [-0.1, -0.05) is 24.3 Å². The first kappa shape index (κ1) is 37.1. The van der Waals surface area contributed by atoms with Crippen LogP contribution in [0.2, 0.25) is 0 Å². The summed E-state index contributed by atoms with van der Waals surface area (Å²) in [6.45, 7) is 14.6. The number of ether oxygens (including phenoxy) is 2. The lowest BCUT2D eigenvalue weighted by Gasteiger charge is -2.36. The number of amides is 2. The number of hydrogen-bond acceptors (Lipinski definition) is 7. The van der Waals surface area contributed by atoms with Crippen molar-refractivity contribution in [3.8, 4) is 5.75 Å².